The molecular formula is C12H13FN2O. The summed E-state index contributed by atoms with van der Waals surface area (Å²) in [5, 5.41) is 0.539. The third-order valence-corrected chi connectivity index (χ3v) is 2.71. The van der Waals surface area contributed by atoms with Gasteiger partial charge in [-0.1, -0.05) is 6.07 Å². The van der Waals surface area contributed by atoms with Crippen LogP contribution in [0.2, 0.25) is 0 Å². The number of rotatable bonds is 3. The highest BCUT2D eigenvalue weighted by Gasteiger charge is 2.12. The van der Waals surface area contributed by atoms with Gasteiger partial charge in [0.05, 0.1) is 11.6 Å². The van der Waals surface area contributed by atoms with Crippen molar-refractivity contribution in [2.24, 2.45) is 5.73 Å². The third kappa shape index (κ3) is 1.72. The lowest BCUT2D eigenvalue weighted by Crippen LogP contribution is -2.23. The Morgan fingerprint density at radius 2 is 2.31 bits per heavy atom. The maximum atomic E-state index is 13.7. The van der Waals surface area contributed by atoms with Gasteiger partial charge in [-0.25, -0.2) is 4.39 Å². The van der Waals surface area contributed by atoms with Crippen molar-refractivity contribution in [3.05, 3.63) is 35.3 Å². The summed E-state index contributed by atoms with van der Waals surface area (Å²) >= 11 is 0. The second-order valence-electron chi connectivity index (χ2n) is 3.93. The number of aldehydes is 1. The van der Waals surface area contributed by atoms with Crippen LogP contribution in [0.5, 0.6) is 0 Å². The molecule has 4 heteroatoms. The van der Waals surface area contributed by atoms with Gasteiger partial charge in [0.15, 0.2) is 0 Å². The van der Waals surface area contributed by atoms with Gasteiger partial charge in [0.25, 0.3) is 0 Å². The average Bonchev–Trinajstić information content (AvgIpc) is 2.68. The van der Waals surface area contributed by atoms with Gasteiger partial charge in [0.2, 0.25) is 0 Å². The number of hydrogen-bond acceptors (Lipinski definition) is 2. The molecule has 1 aromatic heterocycles. The quantitative estimate of drug-likeness (QED) is 0.773. The molecule has 0 unspecified atom stereocenters. The van der Waals surface area contributed by atoms with Crippen molar-refractivity contribution in [3.63, 3.8) is 0 Å². The first-order valence-electron chi connectivity index (χ1n) is 5.09. The van der Waals surface area contributed by atoms with Crippen LogP contribution in [0.1, 0.15) is 11.1 Å². The molecule has 0 saturated carbocycles. The van der Waals surface area contributed by atoms with Crippen molar-refractivity contribution < 1.29 is 9.18 Å². The van der Waals surface area contributed by atoms with E-state index in [1.165, 1.54) is 6.07 Å². The number of H-pyrrole nitrogens is 1. The van der Waals surface area contributed by atoms with Gasteiger partial charge >= 0.3 is 0 Å². The fourth-order valence-corrected chi connectivity index (χ4v) is 1.88. The van der Waals surface area contributed by atoms with Crippen LogP contribution >= 0.6 is 0 Å². The number of aryl methyl sites for hydroxylation is 1. The number of benzene rings is 1. The lowest BCUT2D eigenvalue weighted by atomic mass is 10.0. The molecule has 1 heterocycles. The topological polar surface area (TPSA) is 58.9 Å². The molecule has 84 valence electrons. The first kappa shape index (κ1) is 10.8. The predicted molar refractivity (Wildman–Crippen MR) is 60.7 cm³/mol. The van der Waals surface area contributed by atoms with E-state index in [0.717, 1.165) is 16.6 Å². The second-order valence-corrected chi connectivity index (χ2v) is 3.93. The van der Waals surface area contributed by atoms with E-state index >= 15 is 0 Å². The normalized spacial score (nSPS) is 12.9. The summed E-state index contributed by atoms with van der Waals surface area (Å²) in [5.74, 6) is -0.282. The second kappa shape index (κ2) is 4.06. The van der Waals surface area contributed by atoms with Crippen molar-refractivity contribution in [2.75, 3.05) is 0 Å². The Morgan fingerprint density at radius 3 is 3.00 bits per heavy atom. The summed E-state index contributed by atoms with van der Waals surface area (Å²) in [4.78, 5) is 13.5. The van der Waals surface area contributed by atoms with Crippen LogP contribution in [-0.4, -0.2) is 17.3 Å². The molecule has 0 aliphatic heterocycles. The summed E-state index contributed by atoms with van der Waals surface area (Å²) < 4.78 is 13.7. The van der Waals surface area contributed by atoms with Crippen molar-refractivity contribution in [1.29, 1.82) is 0 Å². The zero-order valence-electron chi connectivity index (χ0n) is 8.96. The van der Waals surface area contributed by atoms with Crippen LogP contribution in [-0.2, 0) is 11.2 Å². The van der Waals surface area contributed by atoms with E-state index in [0.29, 0.717) is 18.1 Å². The third-order valence-electron chi connectivity index (χ3n) is 2.71. The number of aromatic nitrogens is 1. The molecule has 3 N–H and O–H groups in total. The number of nitrogens with two attached hydrogens (primary N) is 1. The molecule has 1 aromatic carbocycles. The highest BCUT2D eigenvalue weighted by Crippen LogP contribution is 2.25. The zero-order valence-corrected chi connectivity index (χ0v) is 8.96. The molecule has 2 aromatic rings. The Kier molecular flexibility index (Phi) is 2.75. The van der Waals surface area contributed by atoms with E-state index < -0.39 is 6.04 Å². The molecular weight excluding hydrogens is 207 g/mol. The average molecular weight is 220 g/mol. The molecule has 3 nitrogen and oxygen atoms in total. The van der Waals surface area contributed by atoms with Gasteiger partial charge in [-0.05, 0) is 30.5 Å². The summed E-state index contributed by atoms with van der Waals surface area (Å²) in [7, 11) is 0. The Balaban J connectivity index is 2.55. The van der Waals surface area contributed by atoms with Gasteiger partial charge in [0, 0.05) is 11.6 Å². The number of aromatic amines is 1. The van der Waals surface area contributed by atoms with Gasteiger partial charge in [-0.15, -0.1) is 0 Å². The monoisotopic (exact) mass is 220 g/mol. The van der Waals surface area contributed by atoms with Crippen LogP contribution in [0.25, 0.3) is 10.9 Å². The van der Waals surface area contributed by atoms with Crippen LogP contribution < -0.4 is 5.73 Å². The molecule has 2 rings (SSSR count). The first-order valence-corrected chi connectivity index (χ1v) is 5.09. The smallest absolute Gasteiger partial charge is 0.137 e. The van der Waals surface area contributed by atoms with E-state index in [9.17, 15) is 9.18 Å². The van der Waals surface area contributed by atoms with Crippen LogP contribution in [0.4, 0.5) is 4.39 Å². The minimum absolute atomic E-state index is 0.282. The highest BCUT2D eigenvalue weighted by atomic mass is 19.1. The summed E-state index contributed by atoms with van der Waals surface area (Å²) in [6.07, 6.45) is 2.74. The number of nitrogens with one attached hydrogen (secondary N) is 1. The zero-order chi connectivity index (χ0) is 11.7. The summed E-state index contributed by atoms with van der Waals surface area (Å²) in [6, 6.07) is 2.57. The Labute approximate surface area is 92.4 Å². The van der Waals surface area contributed by atoms with Gasteiger partial charge in [0.1, 0.15) is 12.1 Å². The molecule has 0 amide bonds. The number of carbonyl (C=O) groups excluding carboxylic acids is 1. The maximum absolute atomic E-state index is 13.7. The van der Waals surface area contributed by atoms with Gasteiger partial charge in [-0.2, -0.15) is 0 Å². The molecule has 1 atom stereocenters. The van der Waals surface area contributed by atoms with Gasteiger partial charge in [-0.3, -0.25) is 0 Å². The fraction of sp³-hybridized carbons (Fsp3) is 0.250. The number of halogens is 1. The number of carbonyl (C=O) groups is 1. The molecule has 0 radical (unpaired) electrons. The predicted octanol–water partition coefficient (Wildman–Crippen LogP) is 1.68. The van der Waals surface area contributed by atoms with Crippen molar-refractivity contribution in [3.8, 4) is 0 Å². The molecule has 0 aliphatic rings. The molecule has 0 saturated heterocycles. The lowest BCUT2D eigenvalue weighted by molar-refractivity contribution is -0.108. The van der Waals surface area contributed by atoms with E-state index in [-0.39, 0.29) is 5.82 Å². The minimum atomic E-state index is -0.584. The molecule has 16 heavy (non-hydrogen) atoms. The van der Waals surface area contributed by atoms with Crippen LogP contribution in [0, 0.1) is 12.7 Å². The summed E-state index contributed by atoms with van der Waals surface area (Å²) in [5.41, 5.74) is 8.03. The molecule has 0 bridgehead atoms. The number of fused-ring (bicyclic) bond motifs is 1. The van der Waals surface area contributed by atoms with E-state index in [4.69, 9.17) is 5.73 Å². The van der Waals surface area contributed by atoms with E-state index in [1.807, 2.05) is 6.92 Å². The van der Waals surface area contributed by atoms with Crippen molar-refractivity contribution in [2.45, 2.75) is 19.4 Å². The standard InChI is InChI=1S/C12H13FN2O/c1-7-2-3-10(13)11-8(4-9(14)6-16)5-15-12(7)11/h2-3,5-6,9,15H,4,14H2,1H3/t9-/m0/s1. The molecule has 0 aliphatic carbocycles. The Bertz CT molecular complexity index is 533. The highest BCUT2D eigenvalue weighted by molar-refractivity contribution is 5.86. The lowest BCUT2D eigenvalue weighted by Gasteiger charge is -2.03. The number of hydrogen-bond donors (Lipinski definition) is 2. The largest absolute Gasteiger partial charge is 0.361 e. The Morgan fingerprint density at radius 1 is 1.56 bits per heavy atom. The maximum Gasteiger partial charge on any atom is 0.137 e. The van der Waals surface area contributed by atoms with Crippen molar-refractivity contribution in [1.82, 2.24) is 4.98 Å². The van der Waals surface area contributed by atoms with Crippen LogP contribution in [0.3, 0.4) is 0 Å². The minimum Gasteiger partial charge on any atom is -0.361 e. The fourth-order valence-electron chi connectivity index (χ4n) is 1.88. The molecule has 0 spiro atoms. The van der Waals surface area contributed by atoms with Gasteiger partial charge < -0.3 is 15.5 Å². The first-order chi connectivity index (χ1) is 7.63. The Hall–Kier alpha value is -1.68. The van der Waals surface area contributed by atoms with Crippen LogP contribution in [0.15, 0.2) is 18.3 Å². The SMILES string of the molecule is Cc1ccc(F)c2c(C[C@H](N)C=O)c[nH]c12. The van der Waals surface area contributed by atoms with E-state index in [1.54, 1.807) is 12.3 Å². The van der Waals surface area contributed by atoms with E-state index in [2.05, 4.69) is 4.98 Å². The van der Waals surface area contributed by atoms with Crippen molar-refractivity contribution >= 4 is 17.2 Å². The summed E-state index contributed by atoms with van der Waals surface area (Å²) in [6.45, 7) is 1.90. The molecule has 0 fully saturated rings.